The maximum absolute atomic E-state index is 13.1. The average Bonchev–Trinajstić information content (AvgIpc) is 3.03. The van der Waals surface area contributed by atoms with Crippen LogP contribution in [-0.2, 0) is 27.2 Å². The van der Waals surface area contributed by atoms with Crippen LogP contribution in [0.2, 0.25) is 0 Å². The van der Waals surface area contributed by atoms with Crippen molar-refractivity contribution in [1.29, 1.82) is 0 Å². The van der Waals surface area contributed by atoms with Gasteiger partial charge in [0.15, 0.2) is 0 Å². The monoisotopic (exact) mass is 390 g/mol. The number of thiophene rings is 1. The van der Waals surface area contributed by atoms with E-state index in [9.17, 15) is 14.4 Å². The van der Waals surface area contributed by atoms with E-state index in [1.807, 2.05) is 0 Å². The molecule has 2 aliphatic carbocycles. The lowest BCUT2D eigenvalue weighted by Crippen LogP contribution is -2.43. The number of hydrogen-bond acceptors (Lipinski definition) is 5. The van der Waals surface area contributed by atoms with Crippen LogP contribution >= 0.6 is 11.3 Å². The third-order valence-electron chi connectivity index (χ3n) is 6.24. The first-order valence-corrected chi connectivity index (χ1v) is 10.8. The summed E-state index contributed by atoms with van der Waals surface area (Å²) in [6.07, 6.45) is 9.65. The Hall–Kier alpha value is -1.89. The molecule has 1 saturated carbocycles. The Bertz CT molecular complexity index is 779. The van der Waals surface area contributed by atoms with Gasteiger partial charge in [0.25, 0.3) is 5.91 Å². The Morgan fingerprint density at radius 2 is 1.78 bits per heavy atom. The van der Waals surface area contributed by atoms with Crippen molar-refractivity contribution in [3.05, 3.63) is 16.0 Å². The summed E-state index contributed by atoms with van der Waals surface area (Å²) in [5, 5.41) is 3.50. The van der Waals surface area contributed by atoms with Crippen LogP contribution in [0.25, 0.3) is 0 Å². The van der Waals surface area contributed by atoms with Gasteiger partial charge in [-0.05, 0) is 56.9 Å². The molecule has 2 fully saturated rings. The molecule has 1 saturated heterocycles. The number of anilines is 1. The Kier molecular flexibility index (Phi) is 4.97. The zero-order chi connectivity index (χ0) is 19.0. The number of ether oxygens (including phenoxy) is 1. The molecule has 1 aliphatic heterocycles. The third-order valence-corrected chi connectivity index (χ3v) is 7.45. The normalized spacial score (nSPS) is 24.1. The molecule has 1 spiro atoms. The fraction of sp³-hybridized carbons (Fsp3) is 0.650. The number of primary amides is 1. The molecule has 4 rings (SSSR count). The Morgan fingerprint density at radius 3 is 2.52 bits per heavy atom. The van der Waals surface area contributed by atoms with E-state index in [4.69, 9.17) is 10.5 Å². The van der Waals surface area contributed by atoms with Crippen molar-refractivity contribution >= 4 is 34.1 Å². The van der Waals surface area contributed by atoms with Gasteiger partial charge in [-0.1, -0.05) is 12.8 Å². The summed E-state index contributed by atoms with van der Waals surface area (Å²) < 4.78 is 5.65. The summed E-state index contributed by atoms with van der Waals surface area (Å²) >= 11 is 1.47. The van der Waals surface area contributed by atoms with E-state index in [1.165, 1.54) is 11.3 Å². The molecule has 1 aromatic heterocycles. The van der Waals surface area contributed by atoms with Gasteiger partial charge in [-0.2, -0.15) is 0 Å². The first-order valence-electron chi connectivity index (χ1n) is 9.97. The second-order valence-corrected chi connectivity index (χ2v) is 9.08. The van der Waals surface area contributed by atoms with Crippen molar-refractivity contribution in [2.45, 2.75) is 76.2 Å². The van der Waals surface area contributed by atoms with E-state index in [2.05, 4.69) is 5.32 Å². The topological polar surface area (TPSA) is 98.5 Å². The molecule has 0 unspecified atom stereocenters. The lowest BCUT2D eigenvalue weighted by atomic mass is 9.75. The van der Waals surface area contributed by atoms with E-state index in [1.54, 1.807) is 0 Å². The molecule has 6 nitrogen and oxygen atoms in total. The van der Waals surface area contributed by atoms with Gasteiger partial charge in [0.1, 0.15) is 10.6 Å². The lowest BCUT2D eigenvalue weighted by Gasteiger charge is -2.35. The number of carbonyl (C=O) groups excluding carboxylic acids is 3. The molecule has 0 radical (unpaired) electrons. The fourth-order valence-corrected chi connectivity index (χ4v) is 6.21. The van der Waals surface area contributed by atoms with Crippen molar-refractivity contribution in [2.75, 3.05) is 5.32 Å². The number of fused-ring (bicyclic) bond motifs is 1. The van der Waals surface area contributed by atoms with Gasteiger partial charge >= 0.3 is 5.97 Å². The summed E-state index contributed by atoms with van der Waals surface area (Å²) in [7, 11) is 0. The maximum Gasteiger partial charge on any atom is 0.307 e. The molecule has 1 aromatic rings. The van der Waals surface area contributed by atoms with Crippen molar-refractivity contribution in [1.82, 2.24) is 0 Å². The molecule has 2 amide bonds. The van der Waals surface area contributed by atoms with E-state index < -0.39 is 17.4 Å². The summed E-state index contributed by atoms with van der Waals surface area (Å²) in [4.78, 5) is 38.4. The molecule has 0 bridgehead atoms. The molecule has 0 aromatic carbocycles. The van der Waals surface area contributed by atoms with Gasteiger partial charge in [0.05, 0.1) is 17.9 Å². The summed E-state index contributed by atoms with van der Waals surface area (Å²) in [6, 6.07) is 0. The average molecular weight is 391 g/mol. The minimum Gasteiger partial charge on any atom is -0.458 e. The SMILES string of the molecule is NC(=O)c1c(NC(=O)[C@H]2CC(=O)OC23CCCCC3)sc2c1CCCCC2. The van der Waals surface area contributed by atoms with Crippen LogP contribution < -0.4 is 11.1 Å². The molecule has 1 atom stereocenters. The smallest absolute Gasteiger partial charge is 0.307 e. The van der Waals surface area contributed by atoms with E-state index >= 15 is 0 Å². The minimum absolute atomic E-state index is 0.114. The van der Waals surface area contributed by atoms with Crippen LogP contribution in [0.4, 0.5) is 5.00 Å². The predicted octanol–water partition coefficient (Wildman–Crippen LogP) is 3.32. The Morgan fingerprint density at radius 1 is 1.07 bits per heavy atom. The molecule has 7 heteroatoms. The fourth-order valence-electron chi connectivity index (χ4n) is 4.91. The minimum atomic E-state index is -0.666. The zero-order valence-corrected chi connectivity index (χ0v) is 16.3. The largest absolute Gasteiger partial charge is 0.458 e. The highest BCUT2D eigenvalue weighted by atomic mass is 32.1. The highest BCUT2D eigenvalue weighted by molar-refractivity contribution is 7.17. The molecular formula is C20H26N2O4S. The van der Waals surface area contributed by atoms with Gasteiger partial charge < -0.3 is 15.8 Å². The number of aryl methyl sites for hydroxylation is 1. The van der Waals surface area contributed by atoms with Gasteiger partial charge in [0, 0.05) is 4.88 Å². The second kappa shape index (κ2) is 7.26. The highest BCUT2D eigenvalue weighted by Crippen LogP contribution is 2.45. The van der Waals surface area contributed by atoms with Crippen LogP contribution in [0.3, 0.4) is 0 Å². The number of amides is 2. The molecule has 146 valence electrons. The number of nitrogens with one attached hydrogen (secondary N) is 1. The van der Waals surface area contributed by atoms with Crippen LogP contribution in [-0.4, -0.2) is 23.4 Å². The zero-order valence-electron chi connectivity index (χ0n) is 15.5. The highest BCUT2D eigenvalue weighted by Gasteiger charge is 2.53. The van der Waals surface area contributed by atoms with Gasteiger partial charge in [-0.15, -0.1) is 11.3 Å². The second-order valence-electron chi connectivity index (χ2n) is 7.98. The van der Waals surface area contributed by atoms with Crippen molar-refractivity contribution in [3.8, 4) is 0 Å². The van der Waals surface area contributed by atoms with Gasteiger partial charge in [-0.3, -0.25) is 14.4 Å². The first-order chi connectivity index (χ1) is 13.0. The molecule has 3 aliphatic rings. The first kappa shape index (κ1) is 18.5. The van der Waals surface area contributed by atoms with Crippen LogP contribution in [0.1, 0.15) is 78.6 Å². The quantitative estimate of drug-likeness (QED) is 0.611. The summed E-state index contributed by atoms with van der Waals surface area (Å²) in [6.45, 7) is 0. The third kappa shape index (κ3) is 3.37. The van der Waals surface area contributed by atoms with E-state index in [-0.39, 0.29) is 18.3 Å². The van der Waals surface area contributed by atoms with Gasteiger partial charge in [-0.25, -0.2) is 0 Å². The Balaban J connectivity index is 1.61. The van der Waals surface area contributed by atoms with Crippen molar-refractivity contribution in [3.63, 3.8) is 0 Å². The van der Waals surface area contributed by atoms with Crippen LogP contribution in [0.5, 0.6) is 0 Å². The number of nitrogens with two attached hydrogens (primary N) is 1. The number of rotatable bonds is 3. The van der Waals surface area contributed by atoms with E-state index in [0.29, 0.717) is 10.6 Å². The molecule has 27 heavy (non-hydrogen) atoms. The van der Waals surface area contributed by atoms with Crippen LogP contribution in [0, 0.1) is 5.92 Å². The van der Waals surface area contributed by atoms with Crippen molar-refractivity contribution < 1.29 is 19.1 Å². The summed E-state index contributed by atoms with van der Waals surface area (Å²) in [5.74, 6) is -1.50. The molecule has 3 N–H and O–H groups in total. The van der Waals surface area contributed by atoms with Crippen molar-refractivity contribution in [2.24, 2.45) is 11.7 Å². The number of esters is 1. The molecular weight excluding hydrogens is 364 g/mol. The standard InChI is InChI=1S/C20H26N2O4S/c21-17(24)16-12-7-3-1-4-8-14(12)27-19(16)22-18(25)13-11-15(23)26-20(13)9-5-2-6-10-20/h13H,1-11H2,(H2,21,24)(H,22,25)/t13-/m1/s1. The lowest BCUT2D eigenvalue weighted by molar-refractivity contribution is -0.153. The molecule has 2 heterocycles. The number of carbonyl (C=O) groups is 3. The number of hydrogen-bond donors (Lipinski definition) is 2. The predicted molar refractivity (Wildman–Crippen MR) is 103 cm³/mol. The summed E-state index contributed by atoms with van der Waals surface area (Å²) in [5.41, 5.74) is 6.47. The Labute approximate surface area is 162 Å². The van der Waals surface area contributed by atoms with E-state index in [0.717, 1.165) is 74.6 Å². The van der Waals surface area contributed by atoms with Gasteiger partial charge in [0.2, 0.25) is 5.91 Å². The van der Waals surface area contributed by atoms with Crippen LogP contribution in [0.15, 0.2) is 0 Å². The maximum atomic E-state index is 13.1.